The lowest BCUT2D eigenvalue weighted by Crippen LogP contribution is -2.24. The lowest BCUT2D eigenvalue weighted by atomic mass is 9.95. The molecule has 3 heteroatoms. The molecule has 0 aromatic rings. The Balaban J connectivity index is 2.63. The Morgan fingerprint density at radius 2 is 2.31 bits per heavy atom. The topological polar surface area (TPSA) is 35.5 Å². The molecule has 1 aliphatic carbocycles. The van der Waals surface area contributed by atoms with E-state index in [-0.39, 0.29) is 17.8 Å². The molecule has 0 spiro atoms. The van der Waals surface area contributed by atoms with Crippen molar-refractivity contribution in [2.75, 3.05) is 20.8 Å². The molecule has 13 heavy (non-hydrogen) atoms. The Bertz CT molecular complexity index is 210. The number of carbonyl (C=O) groups excluding carboxylic acids is 1. The maximum absolute atomic E-state index is 11.3. The zero-order valence-electron chi connectivity index (χ0n) is 8.21. The molecule has 3 nitrogen and oxygen atoms in total. The molecule has 2 unspecified atom stereocenters. The number of esters is 1. The standard InChI is InChI=1S/C10H16O3/c1-7-4-5-8(10(11)13-3)9(7)6-12-2/h8-9H,1,4-6H2,2-3H3. The summed E-state index contributed by atoms with van der Waals surface area (Å²) >= 11 is 0. The fourth-order valence-corrected chi connectivity index (χ4v) is 1.86. The first-order valence-electron chi connectivity index (χ1n) is 4.45. The normalized spacial score (nSPS) is 27.7. The first-order chi connectivity index (χ1) is 6.20. The summed E-state index contributed by atoms with van der Waals surface area (Å²) in [6, 6.07) is 0. The van der Waals surface area contributed by atoms with E-state index >= 15 is 0 Å². The van der Waals surface area contributed by atoms with Gasteiger partial charge in [0.25, 0.3) is 0 Å². The highest BCUT2D eigenvalue weighted by Gasteiger charge is 2.36. The highest BCUT2D eigenvalue weighted by Crippen LogP contribution is 2.36. The zero-order valence-corrected chi connectivity index (χ0v) is 8.21. The van der Waals surface area contributed by atoms with Crippen molar-refractivity contribution in [1.29, 1.82) is 0 Å². The average Bonchev–Trinajstić information content (AvgIpc) is 2.48. The van der Waals surface area contributed by atoms with Crippen LogP contribution in [-0.2, 0) is 14.3 Å². The van der Waals surface area contributed by atoms with Crippen molar-refractivity contribution < 1.29 is 14.3 Å². The summed E-state index contributed by atoms with van der Waals surface area (Å²) in [6.45, 7) is 4.50. The van der Waals surface area contributed by atoms with Gasteiger partial charge < -0.3 is 9.47 Å². The monoisotopic (exact) mass is 184 g/mol. The average molecular weight is 184 g/mol. The van der Waals surface area contributed by atoms with Gasteiger partial charge in [0, 0.05) is 13.0 Å². The predicted molar refractivity (Wildman–Crippen MR) is 49.2 cm³/mol. The molecule has 0 amide bonds. The van der Waals surface area contributed by atoms with Crippen LogP contribution in [0, 0.1) is 11.8 Å². The van der Waals surface area contributed by atoms with Gasteiger partial charge in [-0.1, -0.05) is 12.2 Å². The van der Waals surface area contributed by atoms with Gasteiger partial charge >= 0.3 is 5.97 Å². The van der Waals surface area contributed by atoms with Crippen molar-refractivity contribution in [3.63, 3.8) is 0 Å². The first-order valence-corrected chi connectivity index (χ1v) is 4.45. The second kappa shape index (κ2) is 4.42. The van der Waals surface area contributed by atoms with Crippen molar-refractivity contribution in [2.24, 2.45) is 11.8 Å². The highest BCUT2D eigenvalue weighted by atomic mass is 16.5. The fourth-order valence-electron chi connectivity index (χ4n) is 1.86. The van der Waals surface area contributed by atoms with Crippen LogP contribution in [0.4, 0.5) is 0 Å². The maximum atomic E-state index is 11.3. The van der Waals surface area contributed by atoms with E-state index in [0.29, 0.717) is 6.61 Å². The van der Waals surface area contributed by atoms with Crippen LogP contribution in [0.5, 0.6) is 0 Å². The van der Waals surface area contributed by atoms with E-state index in [2.05, 4.69) is 6.58 Å². The van der Waals surface area contributed by atoms with Gasteiger partial charge in [0.05, 0.1) is 19.6 Å². The third kappa shape index (κ3) is 2.10. The van der Waals surface area contributed by atoms with Gasteiger partial charge in [0.15, 0.2) is 0 Å². The van der Waals surface area contributed by atoms with E-state index in [4.69, 9.17) is 9.47 Å². The zero-order chi connectivity index (χ0) is 9.84. The molecule has 1 fully saturated rings. The lowest BCUT2D eigenvalue weighted by Gasteiger charge is -2.16. The molecule has 74 valence electrons. The summed E-state index contributed by atoms with van der Waals surface area (Å²) in [7, 11) is 3.06. The summed E-state index contributed by atoms with van der Waals surface area (Å²) in [5.74, 6) is -0.0319. The SMILES string of the molecule is C=C1CCC(C(=O)OC)C1COC. The van der Waals surface area contributed by atoms with E-state index in [9.17, 15) is 4.79 Å². The van der Waals surface area contributed by atoms with Gasteiger partial charge in [0.1, 0.15) is 0 Å². The Morgan fingerprint density at radius 1 is 1.62 bits per heavy atom. The quantitative estimate of drug-likeness (QED) is 0.491. The fraction of sp³-hybridized carbons (Fsp3) is 0.700. The van der Waals surface area contributed by atoms with Crippen LogP contribution in [0.3, 0.4) is 0 Å². The predicted octanol–water partition coefficient (Wildman–Crippen LogP) is 1.39. The molecule has 0 aromatic carbocycles. The van der Waals surface area contributed by atoms with Gasteiger partial charge in [-0.3, -0.25) is 4.79 Å². The van der Waals surface area contributed by atoms with E-state index in [1.807, 2.05) is 0 Å². The molecule has 0 saturated heterocycles. The Hall–Kier alpha value is -0.830. The third-order valence-corrected chi connectivity index (χ3v) is 2.64. The van der Waals surface area contributed by atoms with Crippen LogP contribution < -0.4 is 0 Å². The molecule has 0 aliphatic heterocycles. The number of hydrogen-bond donors (Lipinski definition) is 0. The summed E-state index contributed by atoms with van der Waals surface area (Å²) in [4.78, 5) is 11.3. The van der Waals surface area contributed by atoms with Crippen molar-refractivity contribution in [3.05, 3.63) is 12.2 Å². The van der Waals surface area contributed by atoms with Crippen LogP contribution >= 0.6 is 0 Å². The molecular weight excluding hydrogens is 168 g/mol. The van der Waals surface area contributed by atoms with Crippen molar-refractivity contribution in [3.8, 4) is 0 Å². The van der Waals surface area contributed by atoms with E-state index < -0.39 is 0 Å². The minimum atomic E-state index is -0.138. The molecular formula is C10H16O3. The minimum absolute atomic E-state index is 0.0440. The largest absolute Gasteiger partial charge is 0.469 e. The van der Waals surface area contributed by atoms with Crippen LogP contribution in [0.2, 0.25) is 0 Å². The first kappa shape index (κ1) is 10.3. The smallest absolute Gasteiger partial charge is 0.309 e. The van der Waals surface area contributed by atoms with Gasteiger partial charge in [-0.05, 0) is 12.8 Å². The molecule has 1 aliphatic rings. The number of rotatable bonds is 3. The van der Waals surface area contributed by atoms with Gasteiger partial charge in [-0.2, -0.15) is 0 Å². The van der Waals surface area contributed by atoms with Crippen LogP contribution in [0.25, 0.3) is 0 Å². The van der Waals surface area contributed by atoms with Crippen LogP contribution in [0.1, 0.15) is 12.8 Å². The second-order valence-corrected chi connectivity index (χ2v) is 3.39. The van der Waals surface area contributed by atoms with Crippen LogP contribution in [0.15, 0.2) is 12.2 Å². The van der Waals surface area contributed by atoms with E-state index in [0.717, 1.165) is 18.4 Å². The Labute approximate surface area is 78.7 Å². The molecule has 0 radical (unpaired) electrons. The second-order valence-electron chi connectivity index (χ2n) is 3.39. The number of carbonyl (C=O) groups is 1. The van der Waals surface area contributed by atoms with Crippen molar-refractivity contribution in [1.82, 2.24) is 0 Å². The molecule has 0 N–H and O–H groups in total. The van der Waals surface area contributed by atoms with E-state index in [1.54, 1.807) is 7.11 Å². The number of methoxy groups -OCH3 is 2. The van der Waals surface area contributed by atoms with Crippen LogP contribution in [-0.4, -0.2) is 26.8 Å². The molecule has 0 bridgehead atoms. The summed E-state index contributed by atoms with van der Waals surface area (Å²) in [5.41, 5.74) is 1.11. The highest BCUT2D eigenvalue weighted by molar-refractivity contribution is 5.73. The van der Waals surface area contributed by atoms with Gasteiger partial charge in [-0.15, -0.1) is 0 Å². The van der Waals surface area contributed by atoms with Gasteiger partial charge in [-0.25, -0.2) is 0 Å². The molecule has 1 saturated carbocycles. The molecule has 0 heterocycles. The minimum Gasteiger partial charge on any atom is -0.469 e. The molecule has 1 rings (SSSR count). The Kier molecular flexibility index (Phi) is 3.48. The summed E-state index contributed by atoms with van der Waals surface area (Å²) < 4.78 is 9.78. The maximum Gasteiger partial charge on any atom is 0.309 e. The van der Waals surface area contributed by atoms with Gasteiger partial charge in [0.2, 0.25) is 0 Å². The van der Waals surface area contributed by atoms with E-state index in [1.165, 1.54) is 7.11 Å². The van der Waals surface area contributed by atoms with Crippen molar-refractivity contribution >= 4 is 5.97 Å². The lowest BCUT2D eigenvalue weighted by molar-refractivity contribution is -0.147. The molecule has 2 atom stereocenters. The third-order valence-electron chi connectivity index (χ3n) is 2.64. The number of ether oxygens (including phenoxy) is 2. The van der Waals surface area contributed by atoms with Crippen molar-refractivity contribution in [2.45, 2.75) is 12.8 Å². The number of hydrogen-bond acceptors (Lipinski definition) is 3. The molecule has 0 aromatic heterocycles. The summed E-state index contributed by atoms with van der Waals surface area (Å²) in [5, 5.41) is 0. The summed E-state index contributed by atoms with van der Waals surface area (Å²) in [6.07, 6.45) is 1.76. The Morgan fingerprint density at radius 3 is 2.85 bits per heavy atom.